The number of amides is 2. The molecule has 0 saturated carbocycles. The Bertz CT molecular complexity index is 1240. The number of pyridine rings is 1. The second kappa shape index (κ2) is 10.6. The average molecular weight is 463 g/mol. The Morgan fingerprint density at radius 3 is 2.67 bits per heavy atom. The molecule has 0 aliphatic heterocycles. The van der Waals surface area contributed by atoms with E-state index in [0.717, 1.165) is 17.0 Å². The summed E-state index contributed by atoms with van der Waals surface area (Å²) in [5.74, 6) is 1.50. The van der Waals surface area contributed by atoms with Gasteiger partial charge in [0.1, 0.15) is 16.5 Å². The molecular weight excluding hydrogens is 440 g/mol. The van der Waals surface area contributed by atoms with Crippen molar-refractivity contribution in [3.63, 3.8) is 0 Å². The molecule has 4 aromatic rings. The van der Waals surface area contributed by atoms with Gasteiger partial charge in [-0.3, -0.25) is 9.59 Å². The summed E-state index contributed by atoms with van der Waals surface area (Å²) in [5.41, 5.74) is 2.59. The number of carbonyl (C=O) groups is 2. The van der Waals surface area contributed by atoms with Crippen LogP contribution < -0.4 is 10.6 Å². The first-order chi connectivity index (χ1) is 16.1. The first-order valence-corrected chi connectivity index (χ1v) is 11.2. The zero-order valence-corrected chi connectivity index (χ0v) is 18.7. The van der Waals surface area contributed by atoms with E-state index in [0.29, 0.717) is 34.2 Å². The van der Waals surface area contributed by atoms with Crippen LogP contribution in [-0.4, -0.2) is 22.0 Å². The summed E-state index contributed by atoms with van der Waals surface area (Å²) < 4.78 is 10.3. The first-order valence-electron chi connectivity index (χ1n) is 10.3. The van der Waals surface area contributed by atoms with Gasteiger partial charge in [-0.2, -0.15) is 0 Å². The monoisotopic (exact) mass is 462 g/mol. The molecule has 0 spiro atoms. The van der Waals surface area contributed by atoms with E-state index in [2.05, 4.69) is 20.8 Å². The smallest absolute Gasteiger partial charge is 0.254 e. The Hall–Kier alpha value is -3.85. The van der Waals surface area contributed by atoms with E-state index in [4.69, 9.17) is 8.94 Å². The lowest BCUT2D eigenvalue weighted by molar-refractivity contribution is 0.0942. The van der Waals surface area contributed by atoms with Gasteiger partial charge in [0.25, 0.3) is 11.8 Å². The molecule has 0 aliphatic carbocycles. The third-order valence-electron chi connectivity index (χ3n) is 4.69. The highest BCUT2D eigenvalue weighted by Gasteiger charge is 2.14. The molecule has 2 N–H and O–H groups in total. The lowest BCUT2D eigenvalue weighted by atomic mass is 10.1. The Morgan fingerprint density at radius 2 is 1.88 bits per heavy atom. The van der Waals surface area contributed by atoms with Crippen LogP contribution in [0.2, 0.25) is 0 Å². The fraction of sp³-hybridized carbons (Fsp3) is 0.167. The van der Waals surface area contributed by atoms with Crippen molar-refractivity contribution in [3.8, 4) is 0 Å². The van der Waals surface area contributed by atoms with Crippen molar-refractivity contribution in [1.29, 1.82) is 0 Å². The van der Waals surface area contributed by atoms with Gasteiger partial charge in [-0.1, -0.05) is 29.1 Å². The van der Waals surface area contributed by atoms with E-state index in [9.17, 15) is 9.59 Å². The fourth-order valence-corrected chi connectivity index (χ4v) is 3.96. The predicted molar refractivity (Wildman–Crippen MR) is 123 cm³/mol. The molecule has 3 aromatic heterocycles. The van der Waals surface area contributed by atoms with Crippen LogP contribution in [0.4, 0.5) is 0 Å². The predicted octanol–water partition coefficient (Wildman–Crippen LogP) is 4.12. The number of rotatable bonds is 9. The normalized spacial score (nSPS) is 10.7. The number of carbonyl (C=O) groups excluding carboxylic acids is 2. The third-order valence-corrected chi connectivity index (χ3v) is 5.73. The highest BCUT2D eigenvalue weighted by atomic mass is 32.2. The van der Waals surface area contributed by atoms with Crippen molar-refractivity contribution in [2.75, 3.05) is 0 Å². The summed E-state index contributed by atoms with van der Waals surface area (Å²) in [6, 6.07) is 16.0. The number of hydrogen-bond donors (Lipinski definition) is 2. The van der Waals surface area contributed by atoms with Gasteiger partial charge >= 0.3 is 0 Å². The Balaban J connectivity index is 1.35. The summed E-state index contributed by atoms with van der Waals surface area (Å²) in [7, 11) is 0. The fourth-order valence-electron chi connectivity index (χ4n) is 3.09. The van der Waals surface area contributed by atoms with E-state index in [1.807, 2.05) is 19.1 Å². The van der Waals surface area contributed by atoms with Gasteiger partial charge in [0.05, 0.1) is 24.1 Å². The summed E-state index contributed by atoms with van der Waals surface area (Å²) in [6.07, 6.45) is 3.21. The molecule has 168 valence electrons. The van der Waals surface area contributed by atoms with Gasteiger partial charge < -0.3 is 19.6 Å². The van der Waals surface area contributed by atoms with Crippen molar-refractivity contribution in [3.05, 3.63) is 101 Å². The molecule has 0 saturated heterocycles. The zero-order valence-electron chi connectivity index (χ0n) is 17.9. The van der Waals surface area contributed by atoms with E-state index in [1.54, 1.807) is 54.9 Å². The Labute approximate surface area is 194 Å². The standard InChI is InChI=1S/C24H22N4O4S/c1-16-11-19(28-32-16)15-33-24-21(8-3-9-25-24)23(30)26-13-17-5-2-6-18(12-17)22(29)27-14-20-7-4-10-31-20/h2-12H,13-15H2,1H3,(H,26,30)(H,27,29). The molecule has 0 atom stereocenters. The van der Waals surface area contributed by atoms with Gasteiger partial charge in [-0.15, -0.1) is 0 Å². The van der Waals surface area contributed by atoms with Crippen molar-refractivity contribution in [1.82, 2.24) is 20.8 Å². The Morgan fingerprint density at radius 1 is 1.00 bits per heavy atom. The van der Waals surface area contributed by atoms with Gasteiger partial charge in [0.15, 0.2) is 0 Å². The molecule has 0 unspecified atom stereocenters. The molecule has 8 nitrogen and oxygen atoms in total. The molecule has 2 amide bonds. The van der Waals surface area contributed by atoms with Crippen LogP contribution in [0.25, 0.3) is 0 Å². The molecule has 0 bridgehead atoms. The minimum atomic E-state index is -0.241. The molecule has 9 heteroatoms. The van der Waals surface area contributed by atoms with Crippen LogP contribution >= 0.6 is 11.8 Å². The lowest BCUT2D eigenvalue weighted by Gasteiger charge is -2.10. The molecule has 3 heterocycles. The minimum absolute atomic E-state index is 0.214. The summed E-state index contributed by atoms with van der Waals surface area (Å²) in [4.78, 5) is 29.6. The Kier molecular flexibility index (Phi) is 7.21. The largest absolute Gasteiger partial charge is 0.467 e. The number of aromatic nitrogens is 2. The van der Waals surface area contributed by atoms with E-state index >= 15 is 0 Å². The molecule has 33 heavy (non-hydrogen) atoms. The maximum atomic E-state index is 12.8. The van der Waals surface area contributed by atoms with Crippen molar-refractivity contribution in [2.45, 2.75) is 30.8 Å². The van der Waals surface area contributed by atoms with Gasteiger partial charge in [-0.25, -0.2) is 4.98 Å². The van der Waals surface area contributed by atoms with E-state index < -0.39 is 0 Å². The first kappa shape index (κ1) is 22.3. The maximum absolute atomic E-state index is 12.8. The molecule has 1 aromatic carbocycles. The number of thioether (sulfide) groups is 1. The van der Waals surface area contributed by atoms with Crippen LogP contribution in [0.3, 0.4) is 0 Å². The molecule has 0 aliphatic rings. The maximum Gasteiger partial charge on any atom is 0.254 e. The second-order valence-electron chi connectivity index (χ2n) is 7.22. The van der Waals surface area contributed by atoms with Gasteiger partial charge in [0.2, 0.25) is 0 Å². The number of aryl methyl sites for hydroxylation is 1. The second-order valence-corrected chi connectivity index (χ2v) is 8.18. The quantitative estimate of drug-likeness (QED) is 0.360. The number of furan rings is 1. The number of nitrogens with one attached hydrogen (secondary N) is 2. The lowest BCUT2D eigenvalue weighted by Crippen LogP contribution is -2.25. The summed E-state index contributed by atoms with van der Waals surface area (Å²) in [5, 5.41) is 10.3. The SMILES string of the molecule is Cc1cc(CSc2ncccc2C(=O)NCc2cccc(C(=O)NCc3ccco3)c2)no1. The topological polar surface area (TPSA) is 110 Å². The number of benzene rings is 1. The highest BCUT2D eigenvalue weighted by molar-refractivity contribution is 7.98. The number of hydrogen-bond acceptors (Lipinski definition) is 7. The molecule has 0 radical (unpaired) electrons. The zero-order chi connectivity index (χ0) is 23.0. The van der Waals surface area contributed by atoms with E-state index in [-0.39, 0.29) is 18.4 Å². The van der Waals surface area contributed by atoms with Crippen LogP contribution in [0.5, 0.6) is 0 Å². The average Bonchev–Trinajstić information content (AvgIpc) is 3.51. The summed E-state index contributed by atoms with van der Waals surface area (Å²) >= 11 is 1.42. The third kappa shape index (κ3) is 6.11. The van der Waals surface area contributed by atoms with Gasteiger partial charge in [0, 0.05) is 30.1 Å². The number of nitrogens with zero attached hydrogens (tertiary/aromatic N) is 2. The summed E-state index contributed by atoms with van der Waals surface area (Å²) in [6.45, 7) is 2.42. The minimum Gasteiger partial charge on any atom is -0.467 e. The van der Waals surface area contributed by atoms with Crippen molar-refractivity contribution in [2.24, 2.45) is 0 Å². The van der Waals surface area contributed by atoms with Crippen molar-refractivity contribution >= 4 is 23.6 Å². The van der Waals surface area contributed by atoms with Crippen molar-refractivity contribution < 1.29 is 18.5 Å². The van der Waals surface area contributed by atoms with Crippen LogP contribution in [0.15, 0.2) is 81.0 Å². The van der Waals surface area contributed by atoms with E-state index in [1.165, 1.54) is 11.8 Å². The van der Waals surface area contributed by atoms with Crippen LogP contribution in [0.1, 0.15) is 43.5 Å². The highest BCUT2D eigenvalue weighted by Crippen LogP contribution is 2.24. The van der Waals surface area contributed by atoms with Crippen LogP contribution in [-0.2, 0) is 18.8 Å². The van der Waals surface area contributed by atoms with Crippen LogP contribution in [0, 0.1) is 6.92 Å². The molecule has 0 fully saturated rings. The van der Waals surface area contributed by atoms with Gasteiger partial charge in [-0.05, 0) is 48.9 Å². The molecule has 4 rings (SSSR count). The molecular formula is C24H22N4O4S.